The largest absolute Gasteiger partial charge is 0.456 e. The van der Waals surface area contributed by atoms with E-state index in [0.717, 1.165) is 35.4 Å². The topological polar surface area (TPSA) is 42.7 Å². The van der Waals surface area contributed by atoms with Gasteiger partial charge in [-0.1, -0.05) is 18.2 Å². The van der Waals surface area contributed by atoms with E-state index in [1.807, 2.05) is 30.0 Å². The Morgan fingerprint density at radius 1 is 1.00 bits per heavy atom. The van der Waals surface area contributed by atoms with Gasteiger partial charge in [0.1, 0.15) is 11.6 Å². The van der Waals surface area contributed by atoms with E-state index in [9.17, 15) is 9.18 Å². The van der Waals surface area contributed by atoms with Crippen molar-refractivity contribution < 1.29 is 18.3 Å². The fraction of sp³-hybridized carbons (Fsp3) is 0.292. The lowest BCUT2D eigenvalue weighted by atomic mass is 9.75. The van der Waals surface area contributed by atoms with Crippen molar-refractivity contribution in [1.82, 2.24) is 0 Å². The monoisotopic (exact) mass is 391 g/mol. The molecule has 1 spiro atoms. The van der Waals surface area contributed by atoms with Crippen LogP contribution in [0.25, 0.3) is 11.1 Å². The van der Waals surface area contributed by atoms with E-state index in [1.54, 1.807) is 18.2 Å². The molecule has 0 bridgehead atoms. The number of ether oxygens (including phenoxy) is 1. The third-order valence-electron chi connectivity index (χ3n) is 6.14. The number of amides is 1. The zero-order valence-corrected chi connectivity index (χ0v) is 16.3. The smallest absolute Gasteiger partial charge is 0.294 e. The van der Waals surface area contributed by atoms with Crippen molar-refractivity contribution in [3.8, 4) is 11.1 Å². The Morgan fingerprint density at radius 2 is 1.72 bits per heavy atom. The molecule has 5 heteroatoms. The number of benzene rings is 2. The maximum Gasteiger partial charge on any atom is 0.294 e. The van der Waals surface area contributed by atoms with Crippen molar-refractivity contribution in [3.05, 3.63) is 77.5 Å². The first-order chi connectivity index (χ1) is 14.1. The van der Waals surface area contributed by atoms with Gasteiger partial charge >= 0.3 is 0 Å². The van der Waals surface area contributed by atoms with Crippen LogP contribution in [0.4, 0.5) is 10.1 Å². The van der Waals surface area contributed by atoms with Gasteiger partial charge < -0.3 is 14.1 Å². The van der Waals surface area contributed by atoms with Crippen molar-refractivity contribution >= 4 is 11.6 Å². The Kier molecular flexibility index (Phi) is 4.28. The molecule has 0 N–H and O–H groups in total. The fourth-order valence-electron chi connectivity index (χ4n) is 4.54. The second-order valence-electron chi connectivity index (χ2n) is 7.93. The van der Waals surface area contributed by atoms with E-state index < -0.39 is 0 Å². The summed E-state index contributed by atoms with van der Waals surface area (Å²) in [5, 5.41) is 0. The van der Waals surface area contributed by atoms with Crippen LogP contribution < -0.4 is 4.90 Å². The van der Waals surface area contributed by atoms with Crippen LogP contribution in [-0.2, 0) is 10.2 Å². The van der Waals surface area contributed by atoms with Crippen molar-refractivity contribution in [2.75, 3.05) is 24.7 Å². The first kappa shape index (κ1) is 18.1. The molecule has 0 atom stereocenters. The molecule has 0 aliphatic carbocycles. The zero-order chi connectivity index (χ0) is 20.0. The highest BCUT2D eigenvalue weighted by atomic mass is 19.1. The van der Waals surface area contributed by atoms with Gasteiger partial charge in [0.2, 0.25) is 0 Å². The molecule has 29 heavy (non-hydrogen) atoms. The molecule has 3 aromatic rings. The molecule has 2 aliphatic heterocycles. The molecule has 3 heterocycles. The number of anilines is 1. The number of carbonyl (C=O) groups excluding carboxylic acids is 1. The second-order valence-corrected chi connectivity index (χ2v) is 7.93. The number of furan rings is 1. The number of rotatable bonds is 2. The first-order valence-electron chi connectivity index (χ1n) is 9.92. The molecule has 1 aromatic heterocycles. The normalized spacial score (nSPS) is 17.5. The van der Waals surface area contributed by atoms with Gasteiger partial charge in [0.25, 0.3) is 5.91 Å². The number of carbonyl (C=O) groups is 1. The number of nitrogens with zero attached hydrogens (tertiary/aromatic N) is 1. The quantitative estimate of drug-likeness (QED) is 0.610. The van der Waals surface area contributed by atoms with E-state index in [0.29, 0.717) is 25.5 Å². The second kappa shape index (κ2) is 6.85. The lowest BCUT2D eigenvalue weighted by Gasteiger charge is -2.34. The van der Waals surface area contributed by atoms with Gasteiger partial charge in [-0.25, -0.2) is 4.39 Å². The molecule has 0 unspecified atom stereocenters. The van der Waals surface area contributed by atoms with Crippen LogP contribution in [0.1, 0.15) is 34.7 Å². The third kappa shape index (κ3) is 3.06. The lowest BCUT2D eigenvalue weighted by molar-refractivity contribution is 0.0546. The summed E-state index contributed by atoms with van der Waals surface area (Å²) in [7, 11) is 0. The number of hydrogen-bond donors (Lipinski definition) is 0. The van der Waals surface area contributed by atoms with Crippen molar-refractivity contribution in [2.45, 2.75) is 25.2 Å². The van der Waals surface area contributed by atoms with Crippen LogP contribution >= 0.6 is 0 Å². The van der Waals surface area contributed by atoms with Gasteiger partial charge in [0, 0.05) is 30.9 Å². The highest BCUT2D eigenvalue weighted by Gasteiger charge is 2.46. The zero-order valence-electron chi connectivity index (χ0n) is 16.3. The average Bonchev–Trinajstić information content (AvgIpc) is 3.31. The number of hydrogen-bond acceptors (Lipinski definition) is 3. The molecular formula is C24H22FNO3. The van der Waals surface area contributed by atoms with Crippen LogP contribution in [0, 0.1) is 12.7 Å². The van der Waals surface area contributed by atoms with E-state index >= 15 is 0 Å². The Balaban J connectivity index is 1.59. The summed E-state index contributed by atoms with van der Waals surface area (Å²) in [5.41, 5.74) is 3.96. The van der Waals surface area contributed by atoms with Crippen LogP contribution in [0.2, 0.25) is 0 Å². The third-order valence-corrected chi connectivity index (χ3v) is 6.14. The summed E-state index contributed by atoms with van der Waals surface area (Å²) in [5.74, 6) is 0.721. The Labute approximate surface area is 168 Å². The minimum Gasteiger partial charge on any atom is -0.456 e. The van der Waals surface area contributed by atoms with Crippen molar-refractivity contribution in [3.63, 3.8) is 0 Å². The van der Waals surface area contributed by atoms with Gasteiger partial charge in [0.05, 0.1) is 0 Å². The molecule has 1 amide bonds. The van der Waals surface area contributed by atoms with E-state index in [2.05, 4.69) is 6.07 Å². The highest BCUT2D eigenvalue weighted by molar-refractivity contribution is 6.06. The van der Waals surface area contributed by atoms with Crippen LogP contribution in [-0.4, -0.2) is 25.7 Å². The van der Waals surface area contributed by atoms with E-state index in [4.69, 9.17) is 9.15 Å². The van der Waals surface area contributed by atoms with E-state index in [-0.39, 0.29) is 17.1 Å². The molecule has 5 rings (SSSR count). The van der Waals surface area contributed by atoms with Gasteiger partial charge in [-0.05, 0) is 72.9 Å². The minimum absolute atomic E-state index is 0.114. The molecular weight excluding hydrogens is 369 g/mol. The fourth-order valence-corrected chi connectivity index (χ4v) is 4.54. The van der Waals surface area contributed by atoms with Gasteiger partial charge in [0.15, 0.2) is 5.76 Å². The maximum absolute atomic E-state index is 13.3. The Hall–Kier alpha value is -2.92. The van der Waals surface area contributed by atoms with Crippen molar-refractivity contribution in [2.24, 2.45) is 0 Å². The summed E-state index contributed by atoms with van der Waals surface area (Å²) < 4.78 is 24.6. The summed E-state index contributed by atoms with van der Waals surface area (Å²) in [6.45, 7) is 3.82. The molecule has 1 fully saturated rings. The molecule has 0 radical (unpaired) electrons. The Bertz CT molecular complexity index is 1060. The van der Waals surface area contributed by atoms with Crippen LogP contribution in [0.5, 0.6) is 0 Å². The summed E-state index contributed by atoms with van der Waals surface area (Å²) in [6.07, 6.45) is 1.74. The molecule has 2 aliphatic rings. The van der Waals surface area contributed by atoms with Crippen LogP contribution in [0.3, 0.4) is 0 Å². The molecule has 148 valence electrons. The van der Waals surface area contributed by atoms with Gasteiger partial charge in [-0.15, -0.1) is 0 Å². The average molecular weight is 391 g/mol. The maximum atomic E-state index is 13.3. The summed E-state index contributed by atoms with van der Waals surface area (Å²) in [4.78, 5) is 15.0. The SMILES string of the molecule is Cc1ccc(C(=O)N2CC3(CCOCC3)c3cc(-c4ccc(F)cc4)ccc32)o1. The van der Waals surface area contributed by atoms with Gasteiger partial charge in [-0.3, -0.25) is 4.79 Å². The molecule has 2 aromatic carbocycles. The summed E-state index contributed by atoms with van der Waals surface area (Å²) in [6, 6.07) is 16.2. The standard InChI is InChI=1S/C24H22FNO3/c1-16-2-9-22(29-16)23(27)26-15-24(10-12-28-13-11-24)20-14-18(5-8-21(20)26)17-3-6-19(25)7-4-17/h2-9,14H,10-13,15H2,1H3. The predicted octanol–water partition coefficient (Wildman–Crippen LogP) is 5.10. The summed E-state index contributed by atoms with van der Waals surface area (Å²) >= 11 is 0. The lowest BCUT2D eigenvalue weighted by Crippen LogP contribution is -2.40. The van der Waals surface area contributed by atoms with Crippen LogP contribution in [0.15, 0.2) is 59.0 Å². The number of fused-ring (bicyclic) bond motifs is 2. The van der Waals surface area contributed by atoms with Gasteiger partial charge in [-0.2, -0.15) is 0 Å². The number of halogens is 1. The predicted molar refractivity (Wildman–Crippen MR) is 109 cm³/mol. The molecule has 4 nitrogen and oxygen atoms in total. The molecule has 1 saturated heterocycles. The minimum atomic E-state index is -0.249. The Morgan fingerprint density at radius 3 is 2.41 bits per heavy atom. The van der Waals surface area contributed by atoms with E-state index in [1.165, 1.54) is 17.7 Å². The molecule has 0 saturated carbocycles. The highest BCUT2D eigenvalue weighted by Crippen LogP contribution is 2.48. The van der Waals surface area contributed by atoms with Crippen molar-refractivity contribution in [1.29, 1.82) is 0 Å². The first-order valence-corrected chi connectivity index (χ1v) is 9.92. The number of aryl methyl sites for hydroxylation is 1.